The van der Waals surface area contributed by atoms with Crippen molar-refractivity contribution in [3.05, 3.63) is 27.7 Å². The van der Waals surface area contributed by atoms with Crippen LogP contribution in [-0.2, 0) is 16.6 Å². The summed E-state index contributed by atoms with van der Waals surface area (Å²) in [5.74, 6) is 0. The number of likely N-dealkylation sites (N-methyl/N-ethyl adjacent to an activating group) is 1. The molecule has 5 nitrogen and oxygen atoms in total. The zero-order valence-corrected chi connectivity index (χ0v) is 14.3. The normalized spacial score (nSPS) is 21.7. The number of benzene rings is 1. The summed E-state index contributed by atoms with van der Waals surface area (Å²) in [5.41, 5.74) is 6.16. The van der Waals surface area contributed by atoms with Crippen molar-refractivity contribution in [1.82, 2.24) is 9.21 Å². The van der Waals surface area contributed by atoms with Crippen LogP contribution in [0.25, 0.3) is 0 Å². The van der Waals surface area contributed by atoms with Crippen LogP contribution in [0.5, 0.6) is 0 Å². The highest BCUT2D eigenvalue weighted by Crippen LogP contribution is 2.31. The maximum atomic E-state index is 12.8. The fourth-order valence-corrected chi connectivity index (χ4v) is 4.66. The summed E-state index contributed by atoms with van der Waals surface area (Å²) < 4.78 is 27.0. The third-order valence-electron chi connectivity index (χ3n) is 3.86. The smallest absolute Gasteiger partial charge is 0.244 e. The third kappa shape index (κ3) is 3.36. The molecule has 2 N–H and O–H groups in total. The first kappa shape index (κ1) is 17.0. The number of hydrogen-bond acceptors (Lipinski definition) is 4. The minimum absolute atomic E-state index is 0.0748. The van der Waals surface area contributed by atoms with E-state index in [0.29, 0.717) is 30.2 Å². The van der Waals surface area contributed by atoms with E-state index in [1.54, 1.807) is 0 Å². The predicted octanol–water partition coefficient (Wildman–Crippen LogP) is 1.78. The monoisotopic (exact) mass is 351 g/mol. The van der Waals surface area contributed by atoms with Crippen LogP contribution in [0.15, 0.2) is 17.0 Å². The van der Waals surface area contributed by atoms with Gasteiger partial charge in [0.25, 0.3) is 0 Å². The Morgan fingerprint density at radius 2 is 1.95 bits per heavy atom. The van der Waals surface area contributed by atoms with Crippen LogP contribution < -0.4 is 5.73 Å². The standard InChI is InChI=1S/C13H19Cl2N3O2S/c1-9-8-18(4-3-17(9)2)21(19,20)13-5-10(7-16)11(14)6-12(13)15/h5-6,9H,3-4,7-8,16H2,1-2H3. The maximum Gasteiger partial charge on any atom is 0.244 e. The molecule has 118 valence electrons. The summed E-state index contributed by atoms with van der Waals surface area (Å²) in [5, 5.41) is 0.511. The molecule has 0 radical (unpaired) electrons. The van der Waals surface area contributed by atoms with E-state index in [-0.39, 0.29) is 22.5 Å². The van der Waals surface area contributed by atoms with Gasteiger partial charge in [0.2, 0.25) is 10.0 Å². The maximum absolute atomic E-state index is 12.8. The molecule has 1 heterocycles. The van der Waals surface area contributed by atoms with Crippen molar-refractivity contribution in [2.45, 2.75) is 24.4 Å². The molecule has 0 spiro atoms. The Kier molecular flexibility index (Phi) is 5.18. The Hall–Kier alpha value is -0.370. The molecule has 0 aromatic heterocycles. The second kappa shape index (κ2) is 6.40. The fraction of sp³-hybridized carbons (Fsp3) is 0.538. The molecule has 1 aromatic rings. The van der Waals surface area contributed by atoms with E-state index < -0.39 is 10.0 Å². The zero-order valence-electron chi connectivity index (χ0n) is 12.0. The van der Waals surface area contributed by atoms with Crippen molar-refractivity contribution in [2.75, 3.05) is 26.7 Å². The van der Waals surface area contributed by atoms with Crippen molar-refractivity contribution in [3.8, 4) is 0 Å². The first-order valence-corrected chi connectivity index (χ1v) is 8.85. The van der Waals surface area contributed by atoms with E-state index in [0.717, 1.165) is 0 Å². The van der Waals surface area contributed by atoms with E-state index in [2.05, 4.69) is 4.90 Å². The van der Waals surface area contributed by atoms with Crippen LogP contribution in [0, 0.1) is 0 Å². The van der Waals surface area contributed by atoms with E-state index in [9.17, 15) is 8.42 Å². The number of piperazine rings is 1. The van der Waals surface area contributed by atoms with Gasteiger partial charge < -0.3 is 10.6 Å². The first-order chi connectivity index (χ1) is 9.77. The summed E-state index contributed by atoms with van der Waals surface area (Å²) in [4.78, 5) is 2.20. The topological polar surface area (TPSA) is 66.6 Å². The molecule has 1 atom stereocenters. The Bertz CT molecular complexity index is 637. The van der Waals surface area contributed by atoms with Gasteiger partial charge in [-0.1, -0.05) is 23.2 Å². The van der Waals surface area contributed by atoms with Gasteiger partial charge in [-0.05, 0) is 31.7 Å². The molecular weight excluding hydrogens is 333 g/mol. The zero-order chi connectivity index (χ0) is 15.8. The Labute approximate surface area is 135 Å². The van der Waals surface area contributed by atoms with Crippen molar-refractivity contribution in [2.24, 2.45) is 5.73 Å². The highest BCUT2D eigenvalue weighted by Gasteiger charge is 2.32. The molecule has 0 amide bonds. The van der Waals surface area contributed by atoms with Crippen molar-refractivity contribution in [1.29, 1.82) is 0 Å². The van der Waals surface area contributed by atoms with Crippen molar-refractivity contribution in [3.63, 3.8) is 0 Å². The number of nitrogens with zero attached hydrogens (tertiary/aromatic N) is 2. The molecule has 1 aromatic carbocycles. The first-order valence-electron chi connectivity index (χ1n) is 6.65. The number of halogens is 2. The summed E-state index contributed by atoms with van der Waals surface area (Å²) in [6.07, 6.45) is 0. The molecule has 1 fully saturated rings. The van der Waals surface area contributed by atoms with Gasteiger partial charge in [0, 0.05) is 37.2 Å². The summed E-state index contributed by atoms with van der Waals surface area (Å²) in [7, 11) is -1.66. The van der Waals surface area contributed by atoms with Crippen LogP contribution in [0.2, 0.25) is 10.0 Å². The molecule has 0 saturated carbocycles. The van der Waals surface area contributed by atoms with Crippen molar-refractivity contribution < 1.29 is 8.42 Å². The lowest BCUT2D eigenvalue weighted by molar-refractivity contribution is 0.159. The number of hydrogen-bond donors (Lipinski definition) is 1. The van der Waals surface area contributed by atoms with Crippen LogP contribution in [-0.4, -0.2) is 50.3 Å². The minimum Gasteiger partial charge on any atom is -0.326 e. The van der Waals surface area contributed by atoms with Gasteiger partial charge in [-0.25, -0.2) is 8.42 Å². The SMILES string of the molecule is CC1CN(S(=O)(=O)c2cc(CN)c(Cl)cc2Cl)CCN1C. The molecule has 8 heteroatoms. The lowest BCUT2D eigenvalue weighted by atomic mass is 10.2. The minimum atomic E-state index is -3.64. The van der Waals surface area contributed by atoms with Gasteiger partial charge in [-0.2, -0.15) is 4.31 Å². The van der Waals surface area contributed by atoms with E-state index >= 15 is 0 Å². The number of sulfonamides is 1. The van der Waals surface area contributed by atoms with E-state index in [1.165, 1.54) is 16.4 Å². The van der Waals surface area contributed by atoms with Gasteiger partial charge in [0.05, 0.1) is 5.02 Å². The fourth-order valence-electron chi connectivity index (χ4n) is 2.30. The molecule has 0 bridgehead atoms. The molecule has 21 heavy (non-hydrogen) atoms. The quantitative estimate of drug-likeness (QED) is 0.901. The van der Waals surface area contributed by atoms with Gasteiger partial charge in [0.1, 0.15) is 4.90 Å². The second-order valence-corrected chi connectivity index (χ2v) is 7.99. The van der Waals surface area contributed by atoms with Crippen LogP contribution in [0.4, 0.5) is 0 Å². The molecule has 0 aliphatic carbocycles. The lowest BCUT2D eigenvalue weighted by Crippen LogP contribution is -2.51. The third-order valence-corrected chi connectivity index (χ3v) is 6.54. The van der Waals surface area contributed by atoms with Gasteiger partial charge in [0.15, 0.2) is 0 Å². The highest BCUT2D eigenvalue weighted by molar-refractivity contribution is 7.89. The lowest BCUT2D eigenvalue weighted by Gasteiger charge is -2.37. The highest BCUT2D eigenvalue weighted by atomic mass is 35.5. The van der Waals surface area contributed by atoms with Gasteiger partial charge in [-0.3, -0.25) is 0 Å². The van der Waals surface area contributed by atoms with Gasteiger partial charge >= 0.3 is 0 Å². The van der Waals surface area contributed by atoms with Crippen molar-refractivity contribution >= 4 is 33.2 Å². The second-order valence-electron chi connectivity index (χ2n) is 5.27. The molecule has 1 saturated heterocycles. The van der Waals surface area contributed by atoms with Crippen LogP contribution >= 0.6 is 23.2 Å². The Balaban J connectivity index is 2.40. The average molecular weight is 352 g/mol. The summed E-state index contributed by atoms with van der Waals surface area (Å²) in [6.45, 7) is 3.74. The Morgan fingerprint density at radius 1 is 1.29 bits per heavy atom. The largest absolute Gasteiger partial charge is 0.326 e. The molecular formula is C13H19Cl2N3O2S. The van der Waals surface area contributed by atoms with Gasteiger partial charge in [-0.15, -0.1) is 0 Å². The molecule has 2 rings (SSSR count). The molecule has 1 aliphatic rings. The summed E-state index contributed by atoms with van der Waals surface area (Å²) in [6, 6.07) is 3.08. The van der Waals surface area contributed by atoms with Crippen LogP contribution in [0.1, 0.15) is 12.5 Å². The van der Waals surface area contributed by atoms with Crippen LogP contribution in [0.3, 0.4) is 0 Å². The van der Waals surface area contributed by atoms with E-state index in [1.807, 2.05) is 14.0 Å². The number of rotatable bonds is 3. The molecule has 1 unspecified atom stereocenters. The predicted molar refractivity (Wildman–Crippen MR) is 85.2 cm³/mol. The summed E-state index contributed by atoms with van der Waals surface area (Å²) >= 11 is 12.1. The number of nitrogens with two attached hydrogens (primary N) is 1. The molecule has 1 aliphatic heterocycles. The Morgan fingerprint density at radius 3 is 2.52 bits per heavy atom. The average Bonchev–Trinajstić information content (AvgIpc) is 2.41. The van der Waals surface area contributed by atoms with E-state index in [4.69, 9.17) is 28.9 Å².